The number of carbonyl (C=O) groups is 2. The summed E-state index contributed by atoms with van der Waals surface area (Å²) in [5.41, 5.74) is 1.25. The van der Waals surface area contributed by atoms with E-state index < -0.39 is 12.1 Å². The van der Waals surface area contributed by atoms with Gasteiger partial charge >= 0.3 is 5.97 Å². The summed E-state index contributed by atoms with van der Waals surface area (Å²) in [5.74, 6) is -0.141. The maximum Gasteiger partial charge on any atom is 0.306 e. The minimum absolute atomic E-state index is 0.112. The number of carbonyl (C=O) groups excluding carboxylic acids is 1. The fourth-order valence-corrected chi connectivity index (χ4v) is 2.57. The van der Waals surface area contributed by atoms with Gasteiger partial charge in [0, 0.05) is 24.2 Å². The van der Waals surface area contributed by atoms with Gasteiger partial charge in [0.25, 0.3) is 11.8 Å². The normalized spacial score (nSPS) is 17.7. The molecule has 8 heteroatoms. The van der Waals surface area contributed by atoms with Crippen molar-refractivity contribution in [3.8, 4) is 11.5 Å². The molecule has 126 valence electrons. The molecular weight excluding hydrogens is 314 g/mol. The second-order valence-corrected chi connectivity index (χ2v) is 5.57. The van der Waals surface area contributed by atoms with E-state index in [0.29, 0.717) is 30.4 Å². The lowest BCUT2D eigenvalue weighted by Gasteiger charge is -2.32. The van der Waals surface area contributed by atoms with Gasteiger partial charge in [-0.05, 0) is 31.2 Å². The van der Waals surface area contributed by atoms with Gasteiger partial charge in [0.2, 0.25) is 0 Å². The lowest BCUT2D eigenvalue weighted by atomic mass is 10.1. The topological polar surface area (TPSA) is 106 Å². The number of ether oxygens (including phenoxy) is 1. The fraction of sp³-hybridized carbons (Fsp3) is 0.375. The number of hydrogen-bond acceptors (Lipinski definition) is 6. The summed E-state index contributed by atoms with van der Waals surface area (Å²) < 4.78 is 10.5. The first-order valence-electron chi connectivity index (χ1n) is 7.56. The number of aromatic nitrogens is 2. The Morgan fingerprint density at radius 2 is 2.08 bits per heavy atom. The molecule has 1 unspecified atom stereocenters. The van der Waals surface area contributed by atoms with Crippen LogP contribution in [0.4, 0.5) is 0 Å². The Morgan fingerprint density at radius 3 is 2.71 bits per heavy atom. The van der Waals surface area contributed by atoms with E-state index in [1.165, 1.54) is 0 Å². The lowest BCUT2D eigenvalue weighted by Crippen LogP contribution is -2.46. The minimum atomic E-state index is -0.937. The van der Waals surface area contributed by atoms with E-state index >= 15 is 0 Å². The highest BCUT2D eigenvalue weighted by atomic mass is 16.5. The number of aliphatic carboxylic acids is 1. The van der Waals surface area contributed by atoms with Crippen LogP contribution in [-0.4, -0.2) is 57.8 Å². The standard InChI is InChI=1S/C16H17N3O5/c1-10-17-15(24-18-10)11-2-4-12(5-3-11)16(22)19-6-7-23-13(9-19)8-14(20)21/h2-5,13H,6-9H2,1H3,(H,20,21). The molecule has 2 heterocycles. The predicted octanol–water partition coefficient (Wildman–Crippen LogP) is 1.36. The van der Waals surface area contributed by atoms with Crippen LogP contribution in [0, 0.1) is 6.92 Å². The number of aryl methyl sites for hydroxylation is 1. The van der Waals surface area contributed by atoms with Gasteiger partial charge in [-0.1, -0.05) is 5.16 Å². The van der Waals surface area contributed by atoms with Crippen LogP contribution in [0.5, 0.6) is 0 Å². The summed E-state index contributed by atoms with van der Waals surface area (Å²) in [5, 5.41) is 12.6. The molecule has 1 N–H and O–H groups in total. The van der Waals surface area contributed by atoms with E-state index in [0.717, 1.165) is 5.56 Å². The van der Waals surface area contributed by atoms with Crippen molar-refractivity contribution in [3.05, 3.63) is 35.7 Å². The Hall–Kier alpha value is -2.74. The van der Waals surface area contributed by atoms with Crippen LogP contribution in [0.3, 0.4) is 0 Å². The van der Waals surface area contributed by atoms with E-state index in [1.807, 2.05) is 0 Å². The zero-order valence-electron chi connectivity index (χ0n) is 13.1. The van der Waals surface area contributed by atoms with Gasteiger partial charge in [-0.3, -0.25) is 9.59 Å². The first-order chi connectivity index (χ1) is 11.5. The van der Waals surface area contributed by atoms with Crippen molar-refractivity contribution in [3.63, 3.8) is 0 Å². The van der Waals surface area contributed by atoms with Crippen molar-refractivity contribution >= 4 is 11.9 Å². The van der Waals surface area contributed by atoms with Gasteiger partial charge in [0.05, 0.1) is 19.1 Å². The van der Waals surface area contributed by atoms with Crippen molar-refractivity contribution in [2.45, 2.75) is 19.4 Å². The van der Waals surface area contributed by atoms with Crippen LogP contribution >= 0.6 is 0 Å². The molecule has 0 radical (unpaired) electrons. The van der Waals surface area contributed by atoms with Crippen LogP contribution in [-0.2, 0) is 9.53 Å². The third-order valence-corrected chi connectivity index (χ3v) is 3.73. The average Bonchev–Trinajstić information content (AvgIpc) is 3.00. The molecule has 3 rings (SSSR count). The Balaban J connectivity index is 1.69. The predicted molar refractivity (Wildman–Crippen MR) is 82.4 cm³/mol. The van der Waals surface area contributed by atoms with Gasteiger partial charge in [-0.2, -0.15) is 4.98 Å². The summed E-state index contributed by atoms with van der Waals surface area (Å²) in [6.45, 7) is 2.79. The number of morpholine rings is 1. The van der Waals surface area contributed by atoms with E-state index in [4.69, 9.17) is 14.4 Å². The molecule has 24 heavy (non-hydrogen) atoms. The number of carboxylic acid groups (broad SMARTS) is 1. The Bertz CT molecular complexity index is 740. The molecule has 0 bridgehead atoms. The SMILES string of the molecule is Cc1noc(-c2ccc(C(=O)N3CCOC(CC(=O)O)C3)cc2)n1. The Kier molecular flexibility index (Phi) is 4.57. The van der Waals surface area contributed by atoms with Crippen LogP contribution in [0.15, 0.2) is 28.8 Å². The molecule has 1 saturated heterocycles. The van der Waals surface area contributed by atoms with Crippen LogP contribution in [0.25, 0.3) is 11.5 Å². The summed E-state index contributed by atoms with van der Waals surface area (Å²) in [7, 11) is 0. The summed E-state index contributed by atoms with van der Waals surface area (Å²) in [6, 6.07) is 6.88. The highest BCUT2D eigenvalue weighted by Gasteiger charge is 2.26. The molecule has 1 aliphatic heterocycles. The maximum absolute atomic E-state index is 12.6. The Labute approximate surface area is 138 Å². The van der Waals surface area contributed by atoms with Gasteiger partial charge in [0.1, 0.15) is 0 Å². The fourth-order valence-electron chi connectivity index (χ4n) is 2.57. The smallest absolute Gasteiger partial charge is 0.306 e. The highest BCUT2D eigenvalue weighted by Crippen LogP contribution is 2.19. The van der Waals surface area contributed by atoms with Crippen molar-refractivity contribution in [1.29, 1.82) is 0 Å². The van der Waals surface area contributed by atoms with Gasteiger partial charge < -0.3 is 19.3 Å². The highest BCUT2D eigenvalue weighted by molar-refractivity contribution is 5.94. The quantitative estimate of drug-likeness (QED) is 0.901. The largest absolute Gasteiger partial charge is 0.481 e. The number of carboxylic acids is 1. The van der Waals surface area contributed by atoms with Crippen LogP contribution in [0.1, 0.15) is 22.6 Å². The third kappa shape index (κ3) is 3.60. The molecule has 0 aliphatic carbocycles. The first kappa shape index (κ1) is 16.1. The molecular formula is C16H17N3O5. The number of hydrogen-bond donors (Lipinski definition) is 1. The second-order valence-electron chi connectivity index (χ2n) is 5.57. The van der Waals surface area contributed by atoms with E-state index in [9.17, 15) is 9.59 Å². The Morgan fingerprint density at radius 1 is 1.33 bits per heavy atom. The zero-order chi connectivity index (χ0) is 17.1. The van der Waals surface area contributed by atoms with E-state index in [-0.39, 0.29) is 18.9 Å². The van der Waals surface area contributed by atoms with Crippen molar-refractivity contribution < 1.29 is 24.0 Å². The summed E-state index contributed by atoms with van der Waals surface area (Å²) in [4.78, 5) is 29.1. The molecule has 1 aromatic heterocycles. The molecule has 1 atom stereocenters. The molecule has 8 nitrogen and oxygen atoms in total. The lowest BCUT2D eigenvalue weighted by molar-refractivity contribution is -0.141. The molecule has 1 aliphatic rings. The number of nitrogens with zero attached hydrogens (tertiary/aromatic N) is 3. The van der Waals surface area contributed by atoms with Crippen molar-refractivity contribution in [2.24, 2.45) is 0 Å². The van der Waals surface area contributed by atoms with Crippen molar-refractivity contribution in [2.75, 3.05) is 19.7 Å². The number of rotatable bonds is 4. The molecule has 0 saturated carbocycles. The summed E-state index contributed by atoms with van der Waals surface area (Å²) >= 11 is 0. The molecule has 2 aromatic rings. The average molecular weight is 331 g/mol. The summed E-state index contributed by atoms with van der Waals surface area (Å²) in [6.07, 6.45) is -0.583. The van der Waals surface area contributed by atoms with Gasteiger partial charge in [0.15, 0.2) is 5.82 Å². The molecule has 1 fully saturated rings. The van der Waals surface area contributed by atoms with Crippen LogP contribution in [0.2, 0.25) is 0 Å². The first-order valence-corrected chi connectivity index (χ1v) is 7.56. The third-order valence-electron chi connectivity index (χ3n) is 3.73. The molecule has 1 amide bonds. The van der Waals surface area contributed by atoms with Gasteiger partial charge in [-0.15, -0.1) is 0 Å². The number of amides is 1. The molecule has 1 aromatic carbocycles. The van der Waals surface area contributed by atoms with Crippen LogP contribution < -0.4 is 0 Å². The zero-order valence-corrected chi connectivity index (χ0v) is 13.1. The minimum Gasteiger partial charge on any atom is -0.481 e. The van der Waals surface area contributed by atoms with E-state index in [1.54, 1.807) is 36.1 Å². The monoisotopic (exact) mass is 331 g/mol. The second kappa shape index (κ2) is 6.79. The van der Waals surface area contributed by atoms with Gasteiger partial charge in [-0.25, -0.2) is 0 Å². The maximum atomic E-state index is 12.6. The number of benzene rings is 1. The van der Waals surface area contributed by atoms with Crippen molar-refractivity contribution in [1.82, 2.24) is 15.0 Å². The van der Waals surface area contributed by atoms with E-state index in [2.05, 4.69) is 10.1 Å². The molecule has 0 spiro atoms.